The lowest BCUT2D eigenvalue weighted by molar-refractivity contribution is -0.0424. The van der Waals surface area contributed by atoms with E-state index in [1.54, 1.807) is 0 Å². The summed E-state index contributed by atoms with van der Waals surface area (Å²) in [4.78, 5) is 0. The summed E-state index contributed by atoms with van der Waals surface area (Å²) in [5, 5.41) is 13.9. The van der Waals surface area contributed by atoms with E-state index in [4.69, 9.17) is 16.3 Å². The monoisotopic (exact) mass is 375 g/mol. The van der Waals surface area contributed by atoms with Crippen LogP contribution in [0.2, 0.25) is 5.02 Å². The lowest BCUT2D eigenvalue weighted by Crippen LogP contribution is -2.32. The van der Waals surface area contributed by atoms with Crippen molar-refractivity contribution in [1.29, 1.82) is 0 Å². The number of anilines is 1. The van der Waals surface area contributed by atoms with Gasteiger partial charge in [0.25, 0.3) is 0 Å². The first-order chi connectivity index (χ1) is 10.1. The third kappa shape index (κ3) is 5.44. The predicted molar refractivity (Wildman–Crippen MR) is 91.0 cm³/mol. The SMILES string of the molecule is CC1CCCCC1OCC(O)CNc1ccc(Br)c(Cl)c1. The quantitative estimate of drug-likeness (QED) is 0.769. The second kappa shape index (κ2) is 8.37. The van der Waals surface area contributed by atoms with Crippen LogP contribution >= 0.6 is 27.5 Å². The van der Waals surface area contributed by atoms with Crippen molar-refractivity contribution in [3.63, 3.8) is 0 Å². The number of aliphatic hydroxyl groups excluding tert-OH is 1. The molecule has 0 aliphatic heterocycles. The van der Waals surface area contributed by atoms with Gasteiger partial charge in [-0.05, 0) is 52.9 Å². The van der Waals surface area contributed by atoms with Gasteiger partial charge in [0.15, 0.2) is 0 Å². The Morgan fingerprint density at radius 3 is 2.90 bits per heavy atom. The predicted octanol–water partition coefficient (Wildman–Crippen LogP) is 4.47. The zero-order chi connectivity index (χ0) is 15.2. The zero-order valence-corrected chi connectivity index (χ0v) is 14.7. The number of aliphatic hydroxyl groups is 1. The molecule has 118 valence electrons. The van der Waals surface area contributed by atoms with Crippen LogP contribution in [0.5, 0.6) is 0 Å². The van der Waals surface area contributed by atoms with Gasteiger partial charge in [-0.15, -0.1) is 0 Å². The molecule has 0 saturated heterocycles. The molecular formula is C16H23BrClNO2. The van der Waals surface area contributed by atoms with E-state index in [9.17, 15) is 5.11 Å². The van der Waals surface area contributed by atoms with E-state index in [0.29, 0.717) is 30.2 Å². The number of nitrogens with one attached hydrogen (secondary N) is 1. The van der Waals surface area contributed by atoms with Crippen LogP contribution in [0.15, 0.2) is 22.7 Å². The minimum atomic E-state index is -0.512. The molecule has 1 aromatic rings. The third-order valence-electron chi connectivity index (χ3n) is 4.00. The summed E-state index contributed by atoms with van der Waals surface area (Å²) in [6.45, 7) is 3.07. The Labute approximate surface area is 140 Å². The van der Waals surface area contributed by atoms with Crippen molar-refractivity contribution in [2.24, 2.45) is 5.92 Å². The van der Waals surface area contributed by atoms with Gasteiger partial charge in [0.2, 0.25) is 0 Å². The van der Waals surface area contributed by atoms with E-state index in [2.05, 4.69) is 28.2 Å². The molecule has 0 bridgehead atoms. The van der Waals surface area contributed by atoms with Gasteiger partial charge in [-0.2, -0.15) is 0 Å². The molecule has 1 saturated carbocycles. The largest absolute Gasteiger partial charge is 0.389 e. The normalized spacial score (nSPS) is 23.8. The fourth-order valence-corrected chi connectivity index (χ4v) is 3.09. The highest BCUT2D eigenvalue weighted by atomic mass is 79.9. The fourth-order valence-electron chi connectivity index (χ4n) is 2.67. The molecule has 0 amide bonds. The summed E-state index contributed by atoms with van der Waals surface area (Å²) in [5.74, 6) is 0.601. The van der Waals surface area contributed by atoms with Crippen molar-refractivity contribution in [2.75, 3.05) is 18.5 Å². The van der Waals surface area contributed by atoms with Gasteiger partial charge in [-0.25, -0.2) is 0 Å². The lowest BCUT2D eigenvalue weighted by atomic mass is 9.88. The van der Waals surface area contributed by atoms with Crippen LogP contribution in [-0.2, 0) is 4.74 Å². The maximum Gasteiger partial charge on any atom is 0.0945 e. The first-order valence-corrected chi connectivity index (χ1v) is 8.72. The Morgan fingerprint density at radius 1 is 1.43 bits per heavy atom. The average molecular weight is 377 g/mol. The van der Waals surface area contributed by atoms with E-state index in [0.717, 1.165) is 16.6 Å². The van der Waals surface area contributed by atoms with Gasteiger partial charge in [-0.1, -0.05) is 31.4 Å². The highest BCUT2D eigenvalue weighted by Crippen LogP contribution is 2.27. The standard InChI is InChI=1S/C16H23BrClNO2/c1-11-4-2-3-5-16(11)21-10-13(20)9-19-12-6-7-14(17)15(18)8-12/h6-8,11,13,16,19-20H,2-5,9-10H2,1H3. The molecule has 1 fully saturated rings. The molecule has 1 aliphatic carbocycles. The molecule has 3 nitrogen and oxygen atoms in total. The molecule has 0 heterocycles. The first-order valence-electron chi connectivity index (χ1n) is 7.55. The van der Waals surface area contributed by atoms with E-state index >= 15 is 0 Å². The molecule has 0 spiro atoms. The average Bonchev–Trinajstić information content (AvgIpc) is 2.47. The van der Waals surface area contributed by atoms with Gasteiger partial charge in [0.05, 0.1) is 23.8 Å². The topological polar surface area (TPSA) is 41.5 Å². The van der Waals surface area contributed by atoms with E-state index in [1.165, 1.54) is 19.3 Å². The van der Waals surface area contributed by atoms with Crippen LogP contribution < -0.4 is 5.32 Å². The second-order valence-corrected chi connectivity index (χ2v) is 7.06. The van der Waals surface area contributed by atoms with Crippen molar-refractivity contribution in [2.45, 2.75) is 44.8 Å². The molecule has 5 heteroatoms. The number of hydrogen-bond donors (Lipinski definition) is 2. The minimum Gasteiger partial charge on any atom is -0.389 e. The van der Waals surface area contributed by atoms with Gasteiger partial charge in [-0.3, -0.25) is 0 Å². The van der Waals surface area contributed by atoms with Crippen molar-refractivity contribution >= 4 is 33.2 Å². The molecule has 2 N–H and O–H groups in total. The Balaban J connectivity index is 1.71. The van der Waals surface area contributed by atoms with E-state index < -0.39 is 6.10 Å². The number of rotatable bonds is 6. The number of benzene rings is 1. The zero-order valence-electron chi connectivity index (χ0n) is 12.3. The van der Waals surface area contributed by atoms with Crippen molar-refractivity contribution in [3.8, 4) is 0 Å². The Hall–Kier alpha value is -0.290. The molecule has 2 rings (SSSR count). The maximum absolute atomic E-state index is 10.0. The van der Waals surface area contributed by atoms with Crippen LogP contribution in [0.1, 0.15) is 32.6 Å². The summed E-state index contributed by atoms with van der Waals surface area (Å²) in [6, 6.07) is 5.65. The molecule has 1 aliphatic rings. The summed E-state index contributed by atoms with van der Waals surface area (Å²) in [6.07, 6.45) is 4.67. The molecule has 0 radical (unpaired) electrons. The number of halogens is 2. The van der Waals surface area contributed by atoms with Gasteiger partial charge < -0.3 is 15.2 Å². The Morgan fingerprint density at radius 2 is 2.19 bits per heavy atom. The maximum atomic E-state index is 10.0. The summed E-state index contributed by atoms with van der Waals surface area (Å²) in [7, 11) is 0. The molecule has 0 aromatic heterocycles. The van der Waals surface area contributed by atoms with Crippen molar-refractivity contribution in [3.05, 3.63) is 27.7 Å². The Kier molecular flexibility index (Phi) is 6.80. The molecule has 21 heavy (non-hydrogen) atoms. The van der Waals surface area contributed by atoms with E-state index in [1.807, 2.05) is 18.2 Å². The second-order valence-electron chi connectivity index (χ2n) is 5.80. The van der Waals surface area contributed by atoms with Gasteiger partial charge >= 0.3 is 0 Å². The minimum absolute atomic E-state index is 0.301. The van der Waals surface area contributed by atoms with Crippen molar-refractivity contribution in [1.82, 2.24) is 0 Å². The van der Waals surface area contributed by atoms with Crippen molar-refractivity contribution < 1.29 is 9.84 Å². The first kappa shape index (κ1) is 17.1. The number of ether oxygens (including phenoxy) is 1. The highest BCUT2D eigenvalue weighted by Gasteiger charge is 2.22. The molecular weight excluding hydrogens is 354 g/mol. The third-order valence-corrected chi connectivity index (χ3v) is 5.23. The van der Waals surface area contributed by atoms with Crippen LogP contribution in [0.25, 0.3) is 0 Å². The Bertz CT molecular complexity index is 458. The van der Waals surface area contributed by atoms with Gasteiger partial charge in [0, 0.05) is 16.7 Å². The van der Waals surface area contributed by atoms with Crippen LogP contribution in [-0.4, -0.2) is 30.5 Å². The molecule has 3 unspecified atom stereocenters. The fraction of sp³-hybridized carbons (Fsp3) is 0.625. The molecule has 3 atom stereocenters. The summed E-state index contributed by atoms with van der Waals surface area (Å²) in [5.41, 5.74) is 0.897. The lowest BCUT2D eigenvalue weighted by Gasteiger charge is -2.29. The highest BCUT2D eigenvalue weighted by molar-refractivity contribution is 9.10. The molecule has 1 aromatic carbocycles. The summed E-state index contributed by atoms with van der Waals surface area (Å²) >= 11 is 9.39. The van der Waals surface area contributed by atoms with Crippen LogP contribution in [0, 0.1) is 5.92 Å². The van der Waals surface area contributed by atoms with Crippen LogP contribution in [0.3, 0.4) is 0 Å². The smallest absolute Gasteiger partial charge is 0.0945 e. The summed E-state index contributed by atoms with van der Waals surface area (Å²) < 4.78 is 6.73. The number of hydrogen-bond acceptors (Lipinski definition) is 3. The van der Waals surface area contributed by atoms with E-state index in [-0.39, 0.29) is 0 Å². The van der Waals surface area contributed by atoms with Crippen LogP contribution in [0.4, 0.5) is 5.69 Å². The van der Waals surface area contributed by atoms with Gasteiger partial charge in [0.1, 0.15) is 0 Å².